The predicted molar refractivity (Wildman–Crippen MR) is 85.1 cm³/mol. The van der Waals surface area contributed by atoms with E-state index in [1.165, 1.54) is 0 Å². The molecule has 3 heteroatoms. The molecule has 1 aromatic carbocycles. The Kier molecular flexibility index (Phi) is 6.05. The van der Waals surface area contributed by atoms with Crippen molar-refractivity contribution < 1.29 is 4.79 Å². The average molecular weight is 326 g/mol. The lowest BCUT2D eigenvalue weighted by atomic mass is 9.83. The molecule has 0 fully saturated rings. The van der Waals surface area contributed by atoms with E-state index in [1.54, 1.807) is 0 Å². The fraction of sp³-hybridized carbons (Fsp3) is 0.562. The summed E-state index contributed by atoms with van der Waals surface area (Å²) in [6, 6.07) is 7.96. The van der Waals surface area contributed by atoms with Crippen molar-refractivity contribution in [2.45, 2.75) is 39.5 Å². The molecule has 0 atom stereocenters. The SMILES string of the molecule is CCCN(CCBr)C(=O)c1ccccc1C(C)(C)C. The van der Waals surface area contributed by atoms with Crippen molar-refractivity contribution in [2.24, 2.45) is 0 Å². The first-order valence-corrected chi connectivity index (χ1v) is 7.98. The van der Waals surface area contributed by atoms with Crippen molar-refractivity contribution in [3.05, 3.63) is 35.4 Å². The minimum atomic E-state index is -0.0153. The van der Waals surface area contributed by atoms with Gasteiger partial charge in [0.1, 0.15) is 0 Å². The summed E-state index contributed by atoms with van der Waals surface area (Å²) in [5.41, 5.74) is 1.94. The van der Waals surface area contributed by atoms with Gasteiger partial charge in [-0.25, -0.2) is 0 Å². The van der Waals surface area contributed by atoms with Crippen molar-refractivity contribution in [2.75, 3.05) is 18.4 Å². The van der Waals surface area contributed by atoms with Gasteiger partial charge in [0.25, 0.3) is 5.91 Å². The molecule has 0 aromatic heterocycles. The maximum atomic E-state index is 12.7. The summed E-state index contributed by atoms with van der Waals surface area (Å²) in [5.74, 6) is 0.145. The Balaban J connectivity index is 3.11. The summed E-state index contributed by atoms with van der Waals surface area (Å²) in [4.78, 5) is 14.6. The summed E-state index contributed by atoms with van der Waals surface area (Å²) < 4.78 is 0. The van der Waals surface area contributed by atoms with Crippen LogP contribution in [0.15, 0.2) is 24.3 Å². The van der Waals surface area contributed by atoms with Gasteiger partial charge in [0.2, 0.25) is 0 Å². The number of alkyl halides is 1. The van der Waals surface area contributed by atoms with Crippen LogP contribution in [-0.4, -0.2) is 29.2 Å². The van der Waals surface area contributed by atoms with Crippen molar-refractivity contribution in [3.8, 4) is 0 Å². The van der Waals surface area contributed by atoms with Gasteiger partial charge in [-0.05, 0) is 23.5 Å². The molecule has 0 saturated carbocycles. The van der Waals surface area contributed by atoms with Crippen molar-refractivity contribution >= 4 is 21.8 Å². The van der Waals surface area contributed by atoms with Crippen molar-refractivity contribution in [1.29, 1.82) is 0 Å². The van der Waals surface area contributed by atoms with Crippen molar-refractivity contribution in [1.82, 2.24) is 4.90 Å². The van der Waals surface area contributed by atoms with Gasteiger partial charge in [0.15, 0.2) is 0 Å². The molecule has 2 nitrogen and oxygen atoms in total. The van der Waals surface area contributed by atoms with Gasteiger partial charge >= 0.3 is 0 Å². The molecule has 0 radical (unpaired) electrons. The van der Waals surface area contributed by atoms with E-state index in [9.17, 15) is 4.79 Å². The monoisotopic (exact) mass is 325 g/mol. The lowest BCUT2D eigenvalue weighted by Gasteiger charge is -2.26. The maximum Gasteiger partial charge on any atom is 0.254 e. The molecule has 1 amide bonds. The summed E-state index contributed by atoms with van der Waals surface area (Å²) >= 11 is 3.42. The van der Waals surface area contributed by atoms with Crippen LogP contribution >= 0.6 is 15.9 Å². The largest absolute Gasteiger partial charge is 0.338 e. The van der Waals surface area contributed by atoms with Crippen LogP contribution in [0.3, 0.4) is 0 Å². The quantitative estimate of drug-likeness (QED) is 0.742. The number of amides is 1. The minimum absolute atomic E-state index is 0.0153. The number of nitrogens with zero attached hydrogens (tertiary/aromatic N) is 1. The highest BCUT2D eigenvalue weighted by molar-refractivity contribution is 9.09. The number of benzene rings is 1. The van der Waals surface area contributed by atoms with Gasteiger partial charge in [0, 0.05) is 24.0 Å². The van der Waals surface area contributed by atoms with Crippen LogP contribution in [0.25, 0.3) is 0 Å². The first-order valence-electron chi connectivity index (χ1n) is 6.86. The third-order valence-electron chi connectivity index (χ3n) is 3.10. The van der Waals surface area contributed by atoms with Crippen molar-refractivity contribution in [3.63, 3.8) is 0 Å². The third-order valence-corrected chi connectivity index (χ3v) is 3.46. The van der Waals surface area contributed by atoms with Crippen LogP contribution in [0.5, 0.6) is 0 Å². The molecule has 0 saturated heterocycles. The summed E-state index contributed by atoms with van der Waals surface area (Å²) in [6.07, 6.45) is 0.983. The van der Waals surface area contributed by atoms with Gasteiger partial charge in [0.05, 0.1) is 0 Å². The number of hydrogen-bond acceptors (Lipinski definition) is 1. The molecule has 0 N–H and O–H groups in total. The molecule has 0 aliphatic rings. The van der Waals surface area contributed by atoms with Gasteiger partial charge in [-0.1, -0.05) is 61.8 Å². The Morgan fingerprint density at radius 2 is 1.84 bits per heavy atom. The molecule has 0 aliphatic heterocycles. The lowest BCUT2D eigenvalue weighted by molar-refractivity contribution is 0.0764. The maximum absolute atomic E-state index is 12.7. The molecule has 0 aliphatic carbocycles. The highest BCUT2D eigenvalue weighted by Gasteiger charge is 2.23. The molecule has 0 bridgehead atoms. The van der Waals surface area contributed by atoms with Crippen LogP contribution in [0, 0.1) is 0 Å². The lowest BCUT2D eigenvalue weighted by Crippen LogP contribution is -2.35. The Morgan fingerprint density at radius 3 is 2.37 bits per heavy atom. The molecule has 106 valence electrons. The number of carbonyl (C=O) groups is 1. The van der Waals surface area contributed by atoms with Crippen LogP contribution < -0.4 is 0 Å². The van der Waals surface area contributed by atoms with Crippen LogP contribution in [0.1, 0.15) is 50.0 Å². The van der Waals surface area contributed by atoms with Gasteiger partial charge in [-0.15, -0.1) is 0 Å². The Morgan fingerprint density at radius 1 is 1.21 bits per heavy atom. The highest BCUT2D eigenvalue weighted by Crippen LogP contribution is 2.26. The Bertz CT molecular complexity index is 417. The standard InChI is InChI=1S/C16H24BrNO/c1-5-11-18(12-10-17)15(19)13-8-6-7-9-14(13)16(2,3)4/h6-9H,5,10-12H2,1-4H3. The molecule has 0 spiro atoms. The second-order valence-electron chi connectivity index (χ2n) is 5.78. The Hall–Kier alpha value is -0.830. The first-order chi connectivity index (χ1) is 8.91. The third kappa shape index (κ3) is 4.34. The van der Waals surface area contributed by atoms with Gasteiger partial charge in [-0.3, -0.25) is 4.79 Å². The zero-order valence-electron chi connectivity index (χ0n) is 12.4. The number of hydrogen-bond donors (Lipinski definition) is 0. The fourth-order valence-corrected chi connectivity index (χ4v) is 2.61. The number of halogens is 1. The van der Waals surface area contributed by atoms with E-state index in [1.807, 2.05) is 23.1 Å². The summed E-state index contributed by atoms with van der Waals surface area (Å²) in [7, 11) is 0. The molecule has 0 unspecified atom stereocenters. The molecule has 1 rings (SSSR count). The normalized spacial score (nSPS) is 11.4. The topological polar surface area (TPSA) is 20.3 Å². The van der Waals surface area contributed by atoms with E-state index < -0.39 is 0 Å². The van der Waals surface area contributed by atoms with Crippen LogP contribution in [0.4, 0.5) is 0 Å². The van der Waals surface area contributed by atoms with E-state index in [4.69, 9.17) is 0 Å². The zero-order chi connectivity index (χ0) is 14.5. The molecule has 1 aromatic rings. The summed E-state index contributed by atoms with van der Waals surface area (Å²) in [5, 5.41) is 0.816. The van der Waals surface area contributed by atoms with Crippen LogP contribution in [-0.2, 0) is 5.41 Å². The van der Waals surface area contributed by atoms with E-state index >= 15 is 0 Å². The van der Waals surface area contributed by atoms with E-state index in [0.717, 1.165) is 36.0 Å². The molecular formula is C16H24BrNO. The highest BCUT2D eigenvalue weighted by atomic mass is 79.9. The van der Waals surface area contributed by atoms with Crippen LogP contribution in [0.2, 0.25) is 0 Å². The van der Waals surface area contributed by atoms with E-state index in [-0.39, 0.29) is 11.3 Å². The molecule has 0 heterocycles. The van der Waals surface area contributed by atoms with Gasteiger partial charge < -0.3 is 4.90 Å². The smallest absolute Gasteiger partial charge is 0.254 e. The molecule has 19 heavy (non-hydrogen) atoms. The second-order valence-corrected chi connectivity index (χ2v) is 6.57. The zero-order valence-corrected chi connectivity index (χ0v) is 14.0. The number of rotatable bonds is 5. The first kappa shape index (κ1) is 16.2. The predicted octanol–water partition coefficient (Wildman–Crippen LogP) is 4.23. The Labute approximate surface area is 125 Å². The van der Waals surface area contributed by atoms with Gasteiger partial charge in [-0.2, -0.15) is 0 Å². The minimum Gasteiger partial charge on any atom is -0.338 e. The fourth-order valence-electron chi connectivity index (χ4n) is 2.18. The van der Waals surface area contributed by atoms with E-state index in [2.05, 4.69) is 49.7 Å². The summed E-state index contributed by atoms with van der Waals surface area (Å²) in [6.45, 7) is 10.1. The number of carbonyl (C=O) groups excluding carboxylic acids is 1. The second kappa shape index (κ2) is 7.09. The average Bonchev–Trinajstić information content (AvgIpc) is 2.37. The molecular weight excluding hydrogens is 302 g/mol. The van der Waals surface area contributed by atoms with E-state index in [0.29, 0.717) is 0 Å².